The van der Waals surface area contributed by atoms with Crippen molar-refractivity contribution in [1.29, 1.82) is 0 Å². The Kier molecular flexibility index (Phi) is 8.03. The fourth-order valence-corrected chi connectivity index (χ4v) is 1.86. The number of alkyl carbamates (subject to hydrolysis) is 1. The third kappa shape index (κ3) is 6.23. The van der Waals surface area contributed by atoms with Gasteiger partial charge in [0.2, 0.25) is 0 Å². The van der Waals surface area contributed by atoms with E-state index >= 15 is 0 Å². The van der Waals surface area contributed by atoms with E-state index in [9.17, 15) is 9.90 Å². The molecule has 23 heavy (non-hydrogen) atoms. The third-order valence-electron chi connectivity index (χ3n) is 3.05. The van der Waals surface area contributed by atoms with E-state index in [1.807, 2.05) is 30.3 Å². The lowest BCUT2D eigenvalue weighted by molar-refractivity contribution is 0.0969. The molecule has 0 saturated carbocycles. The number of amides is 1. The smallest absolute Gasteiger partial charge is 0.407 e. The summed E-state index contributed by atoms with van der Waals surface area (Å²) in [5.41, 5.74) is 6.33. The number of benzene rings is 1. The lowest BCUT2D eigenvalue weighted by Gasteiger charge is -2.22. The van der Waals surface area contributed by atoms with Gasteiger partial charge in [-0.3, -0.25) is 0 Å². The Morgan fingerprint density at radius 3 is 2.57 bits per heavy atom. The Bertz CT molecular complexity index is 567. The van der Waals surface area contributed by atoms with E-state index in [-0.39, 0.29) is 32.1 Å². The molecule has 126 valence electrons. The monoisotopic (exact) mass is 341 g/mol. The molecule has 0 saturated heterocycles. The molecular weight excluding hydrogens is 322 g/mol. The molecule has 9 heteroatoms. The van der Waals surface area contributed by atoms with Crippen molar-refractivity contribution in [2.75, 3.05) is 6.54 Å². The van der Waals surface area contributed by atoms with Crippen LogP contribution in [0.15, 0.2) is 42.7 Å². The van der Waals surface area contributed by atoms with Gasteiger partial charge in [0.25, 0.3) is 0 Å². The molecule has 0 aliphatic rings. The van der Waals surface area contributed by atoms with Crippen LogP contribution in [0.25, 0.3) is 0 Å². The molecule has 0 radical (unpaired) electrons. The number of nitrogens with one attached hydrogen (secondary N) is 1. The Labute approximate surface area is 140 Å². The fourth-order valence-electron chi connectivity index (χ4n) is 1.86. The Morgan fingerprint density at radius 2 is 1.96 bits per heavy atom. The van der Waals surface area contributed by atoms with Gasteiger partial charge in [-0.1, -0.05) is 30.3 Å². The number of hydrogen-bond acceptors (Lipinski definition) is 6. The van der Waals surface area contributed by atoms with Crippen molar-refractivity contribution in [3.05, 3.63) is 48.3 Å². The highest BCUT2D eigenvalue weighted by Gasteiger charge is 2.22. The maximum atomic E-state index is 11.8. The van der Waals surface area contributed by atoms with Crippen molar-refractivity contribution in [1.82, 2.24) is 20.3 Å². The molecule has 4 N–H and O–H groups in total. The second kappa shape index (κ2) is 9.78. The molecule has 0 spiro atoms. The molecule has 2 rings (SSSR count). The predicted octanol–water partition coefficient (Wildman–Crippen LogP) is 0.314. The van der Waals surface area contributed by atoms with Crippen molar-refractivity contribution in [3.63, 3.8) is 0 Å². The molecule has 0 bridgehead atoms. The van der Waals surface area contributed by atoms with Gasteiger partial charge in [0.1, 0.15) is 6.61 Å². The lowest BCUT2D eigenvalue weighted by atomic mass is 10.1. The van der Waals surface area contributed by atoms with Gasteiger partial charge >= 0.3 is 6.09 Å². The number of hydrogen-bond donors (Lipinski definition) is 3. The SMILES string of the molecule is Cl.NCC(O)C(Cn1nccn1)NC(=O)OCc1ccccc1. The predicted molar refractivity (Wildman–Crippen MR) is 85.9 cm³/mol. The molecule has 0 fully saturated rings. The first-order chi connectivity index (χ1) is 10.7. The van der Waals surface area contributed by atoms with Gasteiger partial charge < -0.3 is 20.9 Å². The van der Waals surface area contributed by atoms with Crippen LogP contribution in [0.4, 0.5) is 4.79 Å². The number of halogens is 1. The summed E-state index contributed by atoms with van der Waals surface area (Å²) in [6.07, 6.45) is 1.47. The first-order valence-corrected chi connectivity index (χ1v) is 6.88. The van der Waals surface area contributed by atoms with Gasteiger partial charge in [0, 0.05) is 6.54 Å². The summed E-state index contributed by atoms with van der Waals surface area (Å²) in [6.45, 7) is 0.356. The van der Waals surface area contributed by atoms with Gasteiger partial charge in [-0.2, -0.15) is 15.0 Å². The zero-order valence-corrected chi connectivity index (χ0v) is 13.2. The highest BCUT2D eigenvalue weighted by atomic mass is 35.5. The third-order valence-corrected chi connectivity index (χ3v) is 3.05. The normalized spacial score (nSPS) is 12.8. The van der Waals surface area contributed by atoms with E-state index < -0.39 is 18.2 Å². The minimum atomic E-state index is -0.921. The van der Waals surface area contributed by atoms with E-state index in [0.717, 1.165) is 5.56 Å². The minimum absolute atomic E-state index is 0. The van der Waals surface area contributed by atoms with Gasteiger partial charge in [-0.15, -0.1) is 12.4 Å². The zero-order chi connectivity index (χ0) is 15.8. The van der Waals surface area contributed by atoms with E-state index in [2.05, 4.69) is 15.5 Å². The summed E-state index contributed by atoms with van der Waals surface area (Å²) in [6, 6.07) is 8.68. The van der Waals surface area contributed by atoms with Crippen molar-refractivity contribution < 1.29 is 14.6 Å². The molecule has 1 aromatic carbocycles. The number of aliphatic hydroxyl groups excluding tert-OH is 1. The second-order valence-corrected chi connectivity index (χ2v) is 4.70. The quantitative estimate of drug-likeness (QED) is 0.667. The van der Waals surface area contributed by atoms with Crippen molar-refractivity contribution in [2.45, 2.75) is 25.3 Å². The molecule has 0 aliphatic carbocycles. The summed E-state index contributed by atoms with van der Waals surface area (Å²) >= 11 is 0. The number of carbonyl (C=O) groups is 1. The van der Waals surface area contributed by atoms with Gasteiger partial charge in [-0.05, 0) is 5.56 Å². The summed E-state index contributed by atoms with van der Waals surface area (Å²) < 4.78 is 5.12. The number of aliphatic hydroxyl groups is 1. The Hall–Kier alpha value is -2.16. The number of carbonyl (C=O) groups excluding carboxylic acids is 1. The number of nitrogens with zero attached hydrogens (tertiary/aromatic N) is 3. The van der Waals surface area contributed by atoms with Crippen molar-refractivity contribution >= 4 is 18.5 Å². The van der Waals surface area contributed by atoms with Crippen LogP contribution >= 0.6 is 12.4 Å². The topological polar surface area (TPSA) is 115 Å². The highest BCUT2D eigenvalue weighted by molar-refractivity contribution is 5.85. The van der Waals surface area contributed by atoms with E-state index in [4.69, 9.17) is 10.5 Å². The van der Waals surface area contributed by atoms with Crippen LogP contribution in [0.1, 0.15) is 5.56 Å². The fraction of sp³-hybridized carbons (Fsp3) is 0.357. The van der Waals surface area contributed by atoms with E-state index in [1.165, 1.54) is 17.2 Å². The van der Waals surface area contributed by atoms with Crippen molar-refractivity contribution in [3.8, 4) is 0 Å². The summed E-state index contributed by atoms with van der Waals surface area (Å²) in [5.74, 6) is 0. The molecule has 8 nitrogen and oxygen atoms in total. The van der Waals surface area contributed by atoms with Gasteiger partial charge in [0.15, 0.2) is 0 Å². The molecule has 1 amide bonds. The molecular formula is C14H20ClN5O3. The number of ether oxygens (including phenoxy) is 1. The first kappa shape index (κ1) is 18.9. The molecule has 0 aliphatic heterocycles. The lowest BCUT2D eigenvalue weighted by Crippen LogP contribution is -2.49. The van der Waals surface area contributed by atoms with E-state index in [0.29, 0.717) is 0 Å². The van der Waals surface area contributed by atoms with Crippen LogP contribution in [0.3, 0.4) is 0 Å². The molecule has 1 aromatic heterocycles. The molecule has 2 aromatic rings. The van der Waals surface area contributed by atoms with Crippen LogP contribution in [0.5, 0.6) is 0 Å². The zero-order valence-electron chi connectivity index (χ0n) is 12.4. The van der Waals surface area contributed by atoms with Crippen LogP contribution < -0.4 is 11.1 Å². The summed E-state index contributed by atoms with van der Waals surface area (Å²) in [5, 5.41) is 20.3. The minimum Gasteiger partial charge on any atom is -0.445 e. The number of nitrogens with two attached hydrogens (primary N) is 1. The maximum absolute atomic E-state index is 11.8. The Balaban J connectivity index is 0.00000264. The van der Waals surface area contributed by atoms with Crippen molar-refractivity contribution in [2.24, 2.45) is 5.73 Å². The summed E-state index contributed by atoms with van der Waals surface area (Å²) in [4.78, 5) is 13.2. The number of aromatic nitrogens is 3. The average molecular weight is 342 g/mol. The van der Waals surface area contributed by atoms with Crippen LogP contribution in [0.2, 0.25) is 0 Å². The standard InChI is InChI=1S/C14H19N5O3.ClH/c15-8-13(20)12(9-19-16-6-7-17-19)18-14(21)22-10-11-4-2-1-3-5-11;/h1-7,12-13,20H,8-10,15H2,(H,18,21);1H. The van der Waals surface area contributed by atoms with Crippen LogP contribution in [-0.2, 0) is 17.9 Å². The molecule has 2 atom stereocenters. The largest absolute Gasteiger partial charge is 0.445 e. The first-order valence-electron chi connectivity index (χ1n) is 6.88. The van der Waals surface area contributed by atoms with Gasteiger partial charge in [-0.25, -0.2) is 4.79 Å². The average Bonchev–Trinajstić information content (AvgIpc) is 3.05. The van der Waals surface area contributed by atoms with Crippen LogP contribution in [0, 0.1) is 0 Å². The van der Waals surface area contributed by atoms with E-state index in [1.54, 1.807) is 0 Å². The summed E-state index contributed by atoms with van der Waals surface area (Å²) in [7, 11) is 0. The Morgan fingerprint density at radius 1 is 1.30 bits per heavy atom. The molecule has 2 unspecified atom stereocenters. The maximum Gasteiger partial charge on any atom is 0.407 e. The number of rotatable bonds is 7. The van der Waals surface area contributed by atoms with Crippen LogP contribution in [-0.4, -0.2) is 44.9 Å². The van der Waals surface area contributed by atoms with Gasteiger partial charge in [0.05, 0.1) is 31.1 Å². The highest BCUT2D eigenvalue weighted by Crippen LogP contribution is 2.02. The molecule has 1 heterocycles. The second-order valence-electron chi connectivity index (χ2n) is 4.70.